The smallest absolute Gasteiger partial charge is 0.253 e. The lowest BCUT2D eigenvalue weighted by Gasteiger charge is -2.13. The maximum absolute atomic E-state index is 11.9. The van der Waals surface area contributed by atoms with Gasteiger partial charge < -0.3 is 20.3 Å². The number of amides is 1. The van der Waals surface area contributed by atoms with Crippen molar-refractivity contribution in [1.29, 1.82) is 0 Å². The van der Waals surface area contributed by atoms with E-state index in [0.29, 0.717) is 24.6 Å². The zero-order chi connectivity index (χ0) is 18.9. The number of carbonyl (C=O) groups excluding carboxylic acids is 1. The molecule has 0 unspecified atom stereocenters. The standard InChI is InChI=1S/C20H26N4O2.HI/c1-21-20(23-14-16-7-11-18(26-4)12-8-16)22-13-15-5-9-17(10-6-15)19(25)24(2)3;/h5-12H,13-14H2,1-4H3,(H2,21,22,23);1H. The maximum Gasteiger partial charge on any atom is 0.253 e. The van der Waals surface area contributed by atoms with Crippen LogP contribution in [-0.2, 0) is 13.1 Å². The lowest BCUT2D eigenvalue weighted by Crippen LogP contribution is -2.36. The number of halogens is 1. The largest absolute Gasteiger partial charge is 0.497 e. The molecule has 0 bridgehead atoms. The molecule has 2 N–H and O–H groups in total. The Kier molecular flexibility index (Phi) is 9.63. The van der Waals surface area contributed by atoms with E-state index in [1.807, 2.05) is 48.5 Å². The molecule has 2 rings (SSSR count). The van der Waals surface area contributed by atoms with Crippen molar-refractivity contribution in [2.45, 2.75) is 13.1 Å². The van der Waals surface area contributed by atoms with Gasteiger partial charge in [0.15, 0.2) is 5.96 Å². The third-order valence-corrected chi connectivity index (χ3v) is 3.91. The second-order valence-corrected chi connectivity index (χ2v) is 6.02. The molecular formula is C20H27IN4O2. The number of carbonyl (C=O) groups is 1. The summed E-state index contributed by atoms with van der Waals surface area (Å²) in [6.07, 6.45) is 0. The topological polar surface area (TPSA) is 66.0 Å². The van der Waals surface area contributed by atoms with Gasteiger partial charge in [-0.1, -0.05) is 24.3 Å². The van der Waals surface area contributed by atoms with Crippen molar-refractivity contribution in [3.05, 3.63) is 65.2 Å². The minimum atomic E-state index is 0. The van der Waals surface area contributed by atoms with Gasteiger partial charge in [0.05, 0.1) is 7.11 Å². The number of ether oxygens (including phenoxy) is 1. The average molecular weight is 482 g/mol. The van der Waals surface area contributed by atoms with Gasteiger partial charge in [0.25, 0.3) is 5.91 Å². The van der Waals surface area contributed by atoms with Gasteiger partial charge in [-0.3, -0.25) is 9.79 Å². The fourth-order valence-electron chi connectivity index (χ4n) is 2.36. The number of nitrogens with one attached hydrogen (secondary N) is 2. The molecule has 0 atom stereocenters. The highest BCUT2D eigenvalue weighted by atomic mass is 127. The minimum absolute atomic E-state index is 0. The molecule has 0 heterocycles. The van der Waals surface area contributed by atoms with Crippen LogP contribution in [0.15, 0.2) is 53.5 Å². The predicted molar refractivity (Wildman–Crippen MR) is 120 cm³/mol. The van der Waals surface area contributed by atoms with E-state index in [1.165, 1.54) is 0 Å². The maximum atomic E-state index is 11.9. The first-order valence-electron chi connectivity index (χ1n) is 8.41. The van der Waals surface area contributed by atoms with Crippen molar-refractivity contribution in [2.24, 2.45) is 4.99 Å². The number of benzene rings is 2. The lowest BCUT2D eigenvalue weighted by molar-refractivity contribution is 0.0827. The Morgan fingerprint density at radius 3 is 1.85 bits per heavy atom. The number of nitrogens with zero attached hydrogens (tertiary/aromatic N) is 2. The van der Waals surface area contributed by atoms with Gasteiger partial charge in [0, 0.05) is 39.8 Å². The Morgan fingerprint density at radius 2 is 1.44 bits per heavy atom. The molecule has 0 radical (unpaired) electrons. The highest BCUT2D eigenvalue weighted by molar-refractivity contribution is 14.0. The quantitative estimate of drug-likeness (QED) is 0.378. The molecule has 0 aliphatic carbocycles. The molecular weight excluding hydrogens is 455 g/mol. The molecule has 7 heteroatoms. The first-order valence-corrected chi connectivity index (χ1v) is 8.41. The van der Waals surface area contributed by atoms with Crippen molar-refractivity contribution in [3.8, 4) is 5.75 Å². The summed E-state index contributed by atoms with van der Waals surface area (Å²) in [6, 6.07) is 15.5. The molecule has 0 saturated carbocycles. The van der Waals surface area contributed by atoms with Gasteiger partial charge in [-0.25, -0.2) is 0 Å². The monoisotopic (exact) mass is 482 g/mol. The van der Waals surface area contributed by atoms with Crippen LogP contribution in [0, 0.1) is 0 Å². The summed E-state index contributed by atoms with van der Waals surface area (Å²) in [6.45, 7) is 1.29. The zero-order valence-electron chi connectivity index (χ0n) is 16.2. The fraction of sp³-hybridized carbons (Fsp3) is 0.300. The van der Waals surface area contributed by atoms with E-state index in [1.54, 1.807) is 33.2 Å². The van der Waals surface area contributed by atoms with Crippen molar-refractivity contribution < 1.29 is 9.53 Å². The van der Waals surface area contributed by atoms with Crippen LogP contribution in [0.2, 0.25) is 0 Å². The molecule has 0 aliphatic heterocycles. The van der Waals surface area contributed by atoms with Crippen molar-refractivity contribution in [2.75, 3.05) is 28.3 Å². The summed E-state index contributed by atoms with van der Waals surface area (Å²) in [5, 5.41) is 6.54. The minimum Gasteiger partial charge on any atom is -0.497 e. The molecule has 146 valence electrons. The molecule has 0 aliphatic rings. The van der Waals surface area contributed by atoms with Crippen LogP contribution >= 0.6 is 24.0 Å². The van der Waals surface area contributed by atoms with E-state index >= 15 is 0 Å². The number of hydrogen-bond acceptors (Lipinski definition) is 3. The number of methoxy groups -OCH3 is 1. The molecule has 2 aromatic rings. The summed E-state index contributed by atoms with van der Waals surface area (Å²) < 4.78 is 5.16. The second-order valence-electron chi connectivity index (χ2n) is 6.02. The van der Waals surface area contributed by atoms with Crippen LogP contribution in [0.25, 0.3) is 0 Å². The van der Waals surface area contributed by atoms with Gasteiger partial charge in [-0.2, -0.15) is 0 Å². The number of rotatable bonds is 6. The highest BCUT2D eigenvalue weighted by Crippen LogP contribution is 2.11. The van der Waals surface area contributed by atoms with Crippen LogP contribution in [-0.4, -0.2) is 45.0 Å². The third-order valence-electron chi connectivity index (χ3n) is 3.91. The summed E-state index contributed by atoms with van der Waals surface area (Å²) in [7, 11) is 6.89. The molecule has 27 heavy (non-hydrogen) atoms. The summed E-state index contributed by atoms with van der Waals surface area (Å²) >= 11 is 0. The Labute approximate surface area is 178 Å². The predicted octanol–water partition coefficient (Wildman–Crippen LogP) is 2.88. The average Bonchev–Trinajstić information content (AvgIpc) is 2.68. The first-order chi connectivity index (χ1) is 12.5. The Bertz CT molecular complexity index is 744. The van der Waals surface area contributed by atoms with E-state index in [0.717, 1.165) is 16.9 Å². The molecule has 0 fully saturated rings. The molecule has 1 amide bonds. The van der Waals surface area contributed by atoms with Crippen molar-refractivity contribution >= 4 is 35.8 Å². The van der Waals surface area contributed by atoms with Gasteiger partial charge in [0.2, 0.25) is 0 Å². The molecule has 0 spiro atoms. The number of guanidine groups is 1. The molecule has 0 saturated heterocycles. The van der Waals surface area contributed by atoms with E-state index in [-0.39, 0.29) is 29.9 Å². The van der Waals surface area contributed by atoms with Crippen molar-refractivity contribution in [3.63, 3.8) is 0 Å². The van der Waals surface area contributed by atoms with Crippen LogP contribution < -0.4 is 15.4 Å². The van der Waals surface area contributed by atoms with Crippen molar-refractivity contribution in [1.82, 2.24) is 15.5 Å². The van der Waals surface area contributed by atoms with Gasteiger partial charge in [-0.15, -0.1) is 24.0 Å². The molecule has 0 aromatic heterocycles. The summed E-state index contributed by atoms with van der Waals surface area (Å²) in [5.74, 6) is 1.56. The Hall–Kier alpha value is -2.29. The zero-order valence-corrected chi connectivity index (χ0v) is 18.5. The van der Waals surface area contributed by atoms with Crippen LogP contribution in [0.5, 0.6) is 5.75 Å². The second kappa shape index (κ2) is 11.4. The number of aliphatic imine (C=N–C) groups is 1. The Morgan fingerprint density at radius 1 is 0.963 bits per heavy atom. The van der Waals surface area contributed by atoms with E-state index in [9.17, 15) is 4.79 Å². The fourth-order valence-corrected chi connectivity index (χ4v) is 2.36. The van der Waals surface area contributed by atoms with Gasteiger partial charge >= 0.3 is 0 Å². The highest BCUT2D eigenvalue weighted by Gasteiger charge is 2.07. The number of hydrogen-bond donors (Lipinski definition) is 2. The van der Waals surface area contributed by atoms with E-state index < -0.39 is 0 Å². The third kappa shape index (κ3) is 7.09. The van der Waals surface area contributed by atoms with Crippen LogP contribution in [0.1, 0.15) is 21.5 Å². The summed E-state index contributed by atoms with van der Waals surface area (Å²) in [5.41, 5.74) is 2.90. The SMILES string of the molecule is CN=C(NCc1ccc(OC)cc1)NCc1ccc(C(=O)N(C)C)cc1.I. The summed E-state index contributed by atoms with van der Waals surface area (Å²) in [4.78, 5) is 17.7. The van der Waals surface area contributed by atoms with Crippen LogP contribution in [0.3, 0.4) is 0 Å². The normalized spacial score (nSPS) is 10.6. The van der Waals surface area contributed by atoms with Gasteiger partial charge in [0.1, 0.15) is 5.75 Å². The Balaban J connectivity index is 0.00000364. The van der Waals surface area contributed by atoms with Gasteiger partial charge in [-0.05, 0) is 35.4 Å². The first kappa shape index (κ1) is 22.8. The molecule has 2 aromatic carbocycles. The van der Waals surface area contributed by atoms with Crippen LogP contribution in [0.4, 0.5) is 0 Å². The lowest BCUT2D eigenvalue weighted by atomic mass is 10.1. The molecule has 6 nitrogen and oxygen atoms in total. The van der Waals surface area contributed by atoms with E-state index in [2.05, 4.69) is 15.6 Å². The van der Waals surface area contributed by atoms with E-state index in [4.69, 9.17) is 4.74 Å².